The summed E-state index contributed by atoms with van der Waals surface area (Å²) in [6.07, 6.45) is 5.09. The average Bonchev–Trinajstić information content (AvgIpc) is 2.54. The van der Waals surface area contributed by atoms with Gasteiger partial charge in [-0.25, -0.2) is 0 Å². The van der Waals surface area contributed by atoms with Crippen molar-refractivity contribution in [1.29, 1.82) is 0 Å². The lowest BCUT2D eigenvalue weighted by atomic mass is 9.63. The van der Waals surface area contributed by atoms with Gasteiger partial charge in [-0.15, -0.1) is 0 Å². The molecule has 1 unspecified atom stereocenters. The number of hydrogen-bond donors (Lipinski definition) is 1. The van der Waals surface area contributed by atoms with Crippen LogP contribution in [-0.4, -0.2) is 5.54 Å². The van der Waals surface area contributed by atoms with Crippen LogP contribution in [0.2, 0.25) is 0 Å². The van der Waals surface area contributed by atoms with E-state index in [1.807, 2.05) is 12.1 Å². The number of benzene rings is 2. The van der Waals surface area contributed by atoms with E-state index in [4.69, 9.17) is 5.73 Å². The molecule has 1 aliphatic rings. The van der Waals surface area contributed by atoms with Crippen molar-refractivity contribution in [2.24, 2.45) is 5.41 Å². The van der Waals surface area contributed by atoms with Gasteiger partial charge in [-0.05, 0) is 61.6 Å². The van der Waals surface area contributed by atoms with Crippen molar-refractivity contribution in [2.75, 3.05) is 10.6 Å². The van der Waals surface area contributed by atoms with Crippen LogP contribution in [0.1, 0.15) is 46.5 Å². The van der Waals surface area contributed by atoms with E-state index in [1.54, 1.807) is 0 Å². The Hall–Kier alpha value is -1.96. The molecular formula is C21H28N2. The number of nitrogens with zero attached hydrogens (tertiary/aromatic N) is 1. The number of nitrogens with two attached hydrogens (primary N) is 1. The third-order valence-electron chi connectivity index (χ3n) is 5.83. The van der Waals surface area contributed by atoms with Gasteiger partial charge in [-0.3, -0.25) is 0 Å². The standard InChI is InChI=1S/C21H28N2/c1-20(2)15-7-8-16-21(20,3)23(18-9-5-4-6-10-18)19-13-11-17(22)12-14-19/h4-6,9-14H,7-8,15-16,22H2,1-3H3. The van der Waals surface area contributed by atoms with Crippen molar-refractivity contribution >= 4 is 17.1 Å². The van der Waals surface area contributed by atoms with Crippen LogP contribution >= 0.6 is 0 Å². The number of anilines is 3. The van der Waals surface area contributed by atoms with Gasteiger partial charge < -0.3 is 10.6 Å². The highest BCUT2D eigenvalue weighted by Crippen LogP contribution is 2.51. The summed E-state index contributed by atoms with van der Waals surface area (Å²) in [6.45, 7) is 7.26. The molecule has 122 valence electrons. The predicted octanol–water partition coefficient (Wildman–Crippen LogP) is 5.77. The molecule has 23 heavy (non-hydrogen) atoms. The van der Waals surface area contributed by atoms with Crippen LogP contribution in [0.25, 0.3) is 0 Å². The van der Waals surface area contributed by atoms with Crippen LogP contribution in [0, 0.1) is 5.41 Å². The maximum atomic E-state index is 5.91. The summed E-state index contributed by atoms with van der Waals surface area (Å²) in [4.78, 5) is 2.53. The van der Waals surface area contributed by atoms with Crippen LogP contribution in [0.4, 0.5) is 17.1 Å². The van der Waals surface area contributed by atoms with Crippen molar-refractivity contribution in [2.45, 2.75) is 52.0 Å². The SMILES string of the molecule is CC1(C)CCCCC1(C)N(c1ccccc1)c1ccc(N)cc1. The molecule has 0 aromatic heterocycles. The molecule has 0 aliphatic heterocycles. The van der Waals surface area contributed by atoms with E-state index >= 15 is 0 Å². The van der Waals surface area contributed by atoms with E-state index < -0.39 is 0 Å². The summed E-state index contributed by atoms with van der Waals surface area (Å²) in [6, 6.07) is 19.1. The Labute approximate surface area is 140 Å². The molecule has 0 saturated heterocycles. The smallest absolute Gasteiger partial charge is 0.0474 e. The van der Waals surface area contributed by atoms with E-state index in [0.29, 0.717) is 0 Å². The van der Waals surface area contributed by atoms with Gasteiger partial charge in [-0.1, -0.05) is 44.9 Å². The molecule has 0 heterocycles. The minimum absolute atomic E-state index is 0.0860. The summed E-state index contributed by atoms with van der Waals surface area (Å²) in [5.41, 5.74) is 9.55. The Morgan fingerprint density at radius 1 is 0.783 bits per heavy atom. The summed E-state index contributed by atoms with van der Waals surface area (Å²) < 4.78 is 0. The zero-order valence-electron chi connectivity index (χ0n) is 14.5. The van der Waals surface area contributed by atoms with E-state index in [2.05, 4.69) is 68.1 Å². The largest absolute Gasteiger partial charge is 0.399 e. The lowest BCUT2D eigenvalue weighted by Crippen LogP contribution is -2.56. The number of rotatable bonds is 3. The zero-order chi connectivity index (χ0) is 16.5. The van der Waals surface area contributed by atoms with Crippen molar-refractivity contribution < 1.29 is 0 Å². The fourth-order valence-corrected chi connectivity index (χ4v) is 3.98. The average molecular weight is 308 g/mol. The zero-order valence-corrected chi connectivity index (χ0v) is 14.5. The van der Waals surface area contributed by atoms with Gasteiger partial charge in [-0.2, -0.15) is 0 Å². The van der Waals surface area contributed by atoms with E-state index in [0.717, 1.165) is 5.69 Å². The molecule has 2 heteroatoms. The van der Waals surface area contributed by atoms with E-state index in [1.165, 1.54) is 37.1 Å². The van der Waals surface area contributed by atoms with Gasteiger partial charge in [0.1, 0.15) is 0 Å². The van der Waals surface area contributed by atoms with Crippen LogP contribution in [0.5, 0.6) is 0 Å². The van der Waals surface area contributed by atoms with Crippen molar-refractivity contribution in [3.63, 3.8) is 0 Å². The Balaban J connectivity index is 2.14. The Kier molecular flexibility index (Phi) is 4.09. The molecule has 0 bridgehead atoms. The van der Waals surface area contributed by atoms with Gasteiger partial charge in [0.2, 0.25) is 0 Å². The molecule has 1 atom stereocenters. The summed E-state index contributed by atoms with van der Waals surface area (Å²) >= 11 is 0. The van der Waals surface area contributed by atoms with E-state index in [-0.39, 0.29) is 11.0 Å². The number of nitrogen functional groups attached to an aromatic ring is 1. The minimum Gasteiger partial charge on any atom is -0.399 e. The van der Waals surface area contributed by atoms with Crippen molar-refractivity contribution in [3.05, 3.63) is 54.6 Å². The summed E-state index contributed by atoms with van der Waals surface area (Å²) in [5.74, 6) is 0. The maximum absolute atomic E-state index is 5.91. The van der Waals surface area contributed by atoms with Crippen LogP contribution in [-0.2, 0) is 0 Å². The minimum atomic E-state index is 0.0860. The molecule has 0 radical (unpaired) electrons. The fourth-order valence-electron chi connectivity index (χ4n) is 3.98. The van der Waals surface area contributed by atoms with Crippen molar-refractivity contribution in [1.82, 2.24) is 0 Å². The second-order valence-electron chi connectivity index (χ2n) is 7.63. The Morgan fingerprint density at radius 3 is 1.96 bits per heavy atom. The number of para-hydroxylation sites is 1. The first-order valence-corrected chi connectivity index (χ1v) is 8.65. The molecule has 1 aliphatic carbocycles. The molecule has 2 nitrogen and oxygen atoms in total. The first-order valence-electron chi connectivity index (χ1n) is 8.65. The second-order valence-corrected chi connectivity index (χ2v) is 7.63. The molecule has 3 rings (SSSR count). The highest BCUT2D eigenvalue weighted by atomic mass is 15.2. The second kappa shape index (κ2) is 5.92. The Morgan fingerprint density at radius 2 is 1.35 bits per heavy atom. The third kappa shape index (κ3) is 2.83. The lowest BCUT2D eigenvalue weighted by Gasteiger charge is -2.55. The summed E-state index contributed by atoms with van der Waals surface area (Å²) in [5, 5.41) is 0. The number of hydrogen-bond acceptors (Lipinski definition) is 2. The fraction of sp³-hybridized carbons (Fsp3) is 0.429. The first kappa shape index (κ1) is 15.9. The van der Waals surface area contributed by atoms with Crippen molar-refractivity contribution in [3.8, 4) is 0 Å². The van der Waals surface area contributed by atoms with Gasteiger partial charge in [0, 0.05) is 22.6 Å². The molecule has 2 N–H and O–H groups in total. The molecule has 1 saturated carbocycles. The highest BCUT2D eigenvalue weighted by Gasteiger charge is 2.47. The first-order chi connectivity index (χ1) is 10.9. The molecule has 0 spiro atoms. The molecule has 2 aromatic carbocycles. The highest BCUT2D eigenvalue weighted by molar-refractivity contribution is 5.67. The van der Waals surface area contributed by atoms with Gasteiger partial charge in [0.25, 0.3) is 0 Å². The van der Waals surface area contributed by atoms with E-state index in [9.17, 15) is 0 Å². The molecule has 0 amide bonds. The van der Waals surface area contributed by atoms with Gasteiger partial charge in [0.05, 0.1) is 0 Å². The molecule has 1 fully saturated rings. The maximum Gasteiger partial charge on any atom is 0.0474 e. The lowest BCUT2D eigenvalue weighted by molar-refractivity contribution is 0.115. The quantitative estimate of drug-likeness (QED) is 0.730. The van der Waals surface area contributed by atoms with Crippen LogP contribution in [0.15, 0.2) is 54.6 Å². The molecular weight excluding hydrogens is 280 g/mol. The molecule has 2 aromatic rings. The monoisotopic (exact) mass is 308 g/mol. The topological polar surface area (TPSA) is 29.3 Å². The van der Waals surface area contributed by atoms with Crippen LogP contribution < -0.4 is 10.6 Å². The predicted molar refractivity (Wildman–Crippen MR) is 100 cm³/mol. The van der Waals surface area contributed by atoms with Gasteiger partial charge >= 0.3 is 0 Å². The van der Waals surface area contributed by atoms with Crippen LogP contribution in [0.3, 0.4) is 0 Å². The summed E-state index contributed by atoms with van der Waals surface area (Å²) in [7, 11) is 0. The third-order valence-corrected chi connectivity index (χ3v) is 5.83. The Bertz CT molecular complexity index is 645. The van der Waals surface area contributed by atoms with Gasteiger partial charge in [0.15, 0.2) is 0 Å². The normalized spacial score (nSPS) is 23.4.